The lowest BCUT2D eigenvalue weighted by atomic mass is 10.1. The lowest BCUT2D eigenvalue weighted by Crippen LogP contribution is -2.28. The summed E-state index contributed by atoms with van der Waals surface area (Å²) in [5, 5.41) is 12.7. The van der Waals surface area contributed by atoms with E-state index in [1.165, 1.54) is 29.6 Å². The minimum atomic E-state index is -3.71. The van der Waals surface area contributed by atoms with Gasteiger partial charge in [-0.15, -0.1) is 0 Å². The molecule has 30 heavy (non-hydrogen) atoms. The van der Waals surface area contributed by atoms with Crippen molar-refractivity contribution in [3.8, 4) is 5.75 Å². The molecule has 0 saturated carbocycles. The molecule has 0 bridgehead atoms. The van der Waals surface area contributed by atoms with Crippen LogP contribution in [0.3, 0.4) is 0 Å². The minimum Gasteiger partial charge on any atom is -0.506 e. The molecule has 1 aromatic heterocycles. The molecule has 0 spiro atoms. The van der Waals surface area contributed by atoms with Gasteiger partial charge in [0.15, 0.2) is 0 Å². The van der Waals surface area contributed by atoms with Gasteiger partial charge in [-0.3, -0.25) is 4.79 Å². The van der Waals surface area contributed by atoms with Crippen LogP contribution in [0.25, 0.3) is 0 Å². The van der Waals surface area contributed by atoms with Crippen LogP contribution >= 0.6 is 0 Å². The van der Waals surface area contributed by atoms with Crippen LogP contribution in [-0.2, 0) is 21.2 Å². The van der Waals surface area contributed by atoms with E-state index in [9.17, 15) is 23.1 Å². The van der Waals surface area contributed by atoms with Gasteiger partial charge >= 0.3 is 5.97 Å². The van der Waals surface area contributed by atoms with Crippen molar-refractivity contribution < 1.29 is 27.9 Å². The standard InChI is InChI=1S/C20H25N3O6S/c1-4-14-17(20(26)29-3)12(2)18(21-14)19(25)22-15-11-13(7-8-16(15)24)30(27,28)23-9-5-6-10-23/h7-8,11,21,24H,4-6,9-10H2,1-3H3,(H,22,25). The first-order valence-electron chi connectivity index (χ1n) is 9.65. The Morgan fingerprint density at radius 3 is 2.53 bits per heavy atom. The number of aromatic hydroxyl groups is 1. The number of benzene rings is 1. The smallest absolute Gasteiger partial charge is 0.339 e. The predicted octanol–water partition coefficient (Wildman–Crippen LogP) is 2.41. The maximum absolute atomic E-state index is 12.8. The van der Waals surface area contributed by atoms with Crippen LogP contribution in [0.5, 0.6) is 5.75 Å². The number of rotatable bonds is 6. The molecular formula is C20H25N3O6S. The quantitative estimate of drug-likeness (QED) is 0.472. The summed E-state index contributed by atoms with van der Waals surface area (Å²) in [6, 6.07) is 3.78. The van der Waals surface area contributed by atoms with Crippen molar-refractivity contribution >= 4 is 27.6 Å². The number of ether oxygens (including phenoxy) is 1. The van der Waals surface area contributed by atoms with Crippen molar-refractivity contribution in [1.29, 1.82) is 0 Å². The van der Waals surface area contributed by atoms with Crippen LogP contribution in [0.1, 0.15) is 51.9 Å². The van der Waals surface area contributed by atoms with Gasteiger partial charge in [0.2, 0.25) is 10.0 Å². The van der Waals surface area contributed by atoms with Crippen molar-refractivity contribution in [2.75, 3.05) is 25.5 Å². The summed E-state index contributed by atoms with van der Waals surface area (Å²) in [6.07, 6.45) is 2.08. The van der Waals surface area contributed by atoms with Gasteiger partial charge in [0, 0.05) is 18.8 Å². The Morgan fingerprint density at radius 2 is 1.93 bits per heavy atom. The number of carbonyl (C=O) groups excluding carboxylic acids is 2. The summed E-state index contributed by atoms with van der Waals surface area (Å²) in [4.78, 5) is 27.8. The molecule has 0 radical (unpaired) electrons. The van der Waals surface area contributed by atoms with E-state index in [1.807, 2.05) is 6.92 Å². The first-order chi connectivity index (χ1) is 14.2. The van der Waals surface area contributed by atoms with Gasteiger partial charge in [-0.2, -0.15) is 4.31 Å². The number of aryl methyl sites for hydroxylation is 1. The van der Waals surface area contributed by atoms with E-state index in [1.54, 1.807) is 6.92 Å². The maximum atomic E-state index is 12.8. The van der Waals surface area contributed by atoms with Gasteiger partial charge in [-0.05, 0) is 49.9 Å². The number of phenols is 1. The molecular weight excluding hydrogens is 410 g/mol. The fraction of sp³-hybridized carbons (Fsp3) is 0.400. The number of amides is 1. The number of phenolic OH excluding ortho intramolecular Hbond substituents is 1. The topological polar surface area (TPSA) is 129 Å². The highest BCUT2D eigenvalue weighted by Gasteiger charge is 2.28. The Labute approximate surface area is 175 Å². The van der Waals surface area contributed by atoms with E-state index in [-0.39, 0.29) is 22.0 Å². The highest BCUT2D eigenvalue weighted by atomic mass is 32.2. The third kappa shape index (κ3) is 3.92. The summed E-state index contributed by atoms with van der Waals surface area (Å²) in [6.45, 7) is 4.34. The number of nitrogens with one attached hydrogen (secondary N) is 2. The number of nitrogens with zero attached hydrogens (tertiary/aromatic N) is 1. The molecule has 0 aliphatic carbocycles. The summed E-state index contributed by atoms with van der Waals surface area (Å²) in [5.74, 6) is -1.43. The Bertz CT molecular complexity index is 1080. The summed E-state index contributed by atoms with van der Waals surface area (Å²) in [5.41, 5.74) is 1.36. The van der Waals surface area contributed by atoms with E-state index in [4.69, 9.17) is 4.74 Å². The molecule has 162 valence electrons. The minimum absolute atomic E-state index is 0.00907. The van der Waals surface area contributed by atoms with Gasteiger partial charge in [-0.25, -0.2) is 13.2 Å². The zero-order valence-electron chi connectivity index (χ0n) is 17.1. The molecule has 1 aliphatic heterocycles. The fourth-order valence-electron chi connectivity index (χ4n) is 3.57. The van der Waals surface area contributed by atoms with Crippen LogP contribution in [0.15, 0.2) is 23.1 Å². The van der Waals surface area contributed by atoms with Gasteiger partial charge in [-0.1, -0.05) is 6.92 Å². The molecule has 1 aliphatic rings. The summed E-state index contributed by atoms with van der Waals surface area (Å²) >= 11 is 0. The second kappa shape index (κ2) is 8.49. The average Bonchev–Trinajstić information content (AvgIpc) is 3.37. The number of hydrogen-bond acceptors (Lipinski definition) is 6. The molecule has 2 aromatic rings. The highest BCUT2D eigenvalue weighted by molar-refractivity contribution is 7.89. The number of carbonyl (C=O) groups is 2. The molecule has 0 unspecified atom stereocenters. The summed E-state index contributed by atoms with van der Waals surface area (Å²) in [7, 11) is -2.44. The first kappa shape index (κ1) is 21.8. The Morgan fingerprint density at radius 1 is 1.27 bits per heavy atom. The SMILES string of the molecule is CCc1[nH]c(C(=O)Nc2cc(S(=O)(=O)N3CCCC3)ccc2O)c(C)c1C(=O)OC. The molecule has 1 amide bonds. The number of H-pyrrole nitrogens is 1. The predicted molar refractivity (Wildman–Crippen MR) is 110 cm³/mol. The van der Waals surface area contributed by atoms with Crippen LogP contribution in [0.2, 0.25) is 0 Å². The Kier molecular flexibility index (Phi) is 6.18. The number of anilines is 1. The lowest BCUT2D eigenvalue weighted by Gasteiger charge is -2.16. The van der Waals surface area contributed by atoms with Gasteiger partial charge < -0.3 is 20.1 Å². The number of aromatic amines is 1. The van der Waals surface area contributed by atoms with Crippen LogP contribution in [0.4, 0.5) is 5.69 Å². The van der Waals surface area contributed by atoms with Crippen molar-refractivity contribution in [1.82, 2.24) is 9.29 Å². The zero-order chi connectivity index (χ0) is 22.1. The second-order valence-electron chi connectivity index (χ2n) is 7.07. The number of aromatic nitrogens is 1. The number of sulfonamides is 1. The molecule has 1 aromatic carbocycles. The number of methoxy groups -OCH3 is 1. The van der Waals surface area contributed by atoms with Crippen molar-refractivity contribution in [2.45, 2.75) is 38.0 Å². The monoisotopic (exact) mass is 435 g/mol. The Balaban J connectivity index is 1.93. The molecule has 1 saturated heterocycles. The van der Waals surface area contributed by atoms with Crippen molar-refractivity contribution in [2.24, 2.45) is 0 Å². The molecule has 9 nitrogen and oxygen atoms in total. The lowest BCUT2D eigenvalue weighted by molar-refractivity contribution is 0.0599. The summed E-state index contributed by atoms with van der Waals surface area (Å²) < 4.78 is 31.7. The average molecular weight is 436 g/mol. The van der Waals surface area contributed by atoms with Gasteiger partial charge in [0.1, 0.15) is 11.4 Å². The van der Waals surface area contributed by atoms with Crippen molar-refractivity contribution in [3.63, 3.8) is 0 Å². The van der Waals surface area contributed by atoms with Crippen molar-refractivity contribution in [3.05, 3.63) is 40.7 Å². The third-order valence-corrected chi connectivity index (χ3v) is 7.11. The molecule has 3 rings (SSSR count). The Hall–Kier alpha value is -2.85. The normalized spacial score (nSPS) is 14.6. The van der Waals surface area contributed by atoms with Gasteiger partial charge in [0.05, 0.1) is 23.3 Å². The molecule has 1 fully saturated rings. The van der Waals surface area contributed by atoms with E-state index in [2.05, 4.69) is 10.3 Å². The largest absolute Gasteiger partial charge is 0.506 e. The van der Waals surface area contributed by atoms with E-state index >= 15 is 0 Å². The molecule has 0 atom stereocenters. The van der Waals surface area contributed by atoms with Crippen LogP contribution in [0, 0.1) is 6.92 Å². The second-order valence-corrected chi connectivity index (χ2v) is 9.01. The molecule has 2 heterocycles. The fourth-order valence-corrected chi connectivity index (χ4v) is 5.11. The molecule has 3 N–H and O–H groups in total. The number of esters is 1. The van der Waals surface area contributed by atoms with E-state index in [0.29, 0.717) is 36.3 Å². The van der Waals surface area contributed by atoms with Crippen LogP contribution < -0.4 is 5.32 Å². The van der Waals surface area contributed by atoms with Crippen LogP contribution in [-0.4, -0.2) is 54.9 Å². The van der Waals surface area contributed by atoms with E-state index in [0.717, 1.165) is 12.8 Å². The van der Waals surface area contributed by atoms with E-state index < -0.39 is 21.9 Å². The molecule has 10 heteroatoms. The zero-order valence-corrected chi connectivity index (χ0v) is 17.9. The highest BCUT2D eigenvalue weighted by Crippen LogP contribution is 2.30. The maximum Gasteiger partial charge on any atom is 0.339 e. The third-order valence-electron chi connectivity index (χ3n) is 5.22. The first-order valence-corrected chi connectivity index (χ1v) is 11.1. The van der Waals surface area contributed by atoms with Gasteiger partial charge in [0.25, 0.3) is 5.91 Å². The number of hydrogen-bond donors (Lipinski definition) is 3.